The SMILES string of the molecule is Oc1cnccc1-c1cc2ccc(C(F)(F)F)nc2[nH]1. The molecule has 2 N–H and O–H groups in total. The van der Waals surface area contributed by atoms with E-state index in [0.717, 1.165) is 6.07 Å². The van der Waals surface area contributed by atoms with Gasteiger partial charge in [0.1, 0.15) is 17.1 Å². The molecule has 4 nitrogen and oxygen atoms in total. The number of rotatable bonds is 1. The number of pyridine rings is 2. The highest BCUT2D eigenvalue weighted by molar-refractivity contribution is 5.84. The minimum Gasteiger partial charge on any atom is -0.506 e. The molecule has 0 spiro atoms. The van der Waals surface area contributed by atoms with Gasteiger partial charge in [-0.15, -0.1) is 0 Å². The zero-order valence-corrected chi connectivity index (χ0v) is 9.94. The molecular formula is C13H8F3N3O. The number of H-pyrrole nitrogens is 1. The average molecular weight is 279 g/mol. The number of aromatic amines is 1. The lowest BCUT2D eigenvalue weighted by Crippen LogP contribution is -2.07. The van der Waals surface area contributed by atoms with Gasteiger partial charge in [0.25, 0.3) is 0 Å². The maximum absolute atomic E-state index is 12.6. The first-order valence-corrected chi connectivity index (χ1v) is 5.65. The van der Waals surface area contributed by atoms with Gasteiger partial charge in [-0.25, -0.2) is 4.98 Å². The fraction of sp³-hybridized carbons (Fsp3) is 0.0769. The molecule has 3 heterocycles. The number of alkyl halides is 3. The molecule has 0 amide bonds. The van der Waals surface area contributed by atoms with E-state index in [4.69, 9.17) is 0 Å². The normalized spacial score (nSPS) is 11.9. The van der Waals surface area contributed by atoms with Crippen LogP contribution in [0.1, 0.15) is 5.69 Å². The number of fused-ring (bicyclic) bond motifs is 1. The number of hydrogen-bond acceptors (Lipinski definition) is 3. The third-order valence-corrected chi connectivity index (χ3v) is 2.86. The molecule has 7 heteroatoms. The molecule has 0 aromatic carbocycles. The summed E-state index contributed by atoms with van der Waals surface area (Å²) >= 11 is 0. The summed E-state index contributed by atoms with van der Waals surface area (Å²) in [6.07, 6.45) is -1.75. The number of nitrogens with zero attached hydrogens (tertiary/aromatic N) is 2. The van der Waals surface area contributed by atoms with Crippen LogP contribution < -0.4 is 0 Å². The number of nitrogens with one attached hydrogen (secondary N) is 1. The van der Waals surface area contributed by atoms with Gasteiger partial charge in [-0.2, -0.15) is 13.2 Å². The Labute approximate surface area is 110 Å². The van der Waals surface area contributed by atoms with Crippen molar-refractivity contribution in [3.63, 3.8) is 0 Å². The van der Waals surface area contributed by atoms with Gasteiger partial charge in [-0.05, 0) is 24.3 Å². The molecule has 0 unspecified atom stereocenters. The Hall–Kier alpha value is -2.57. The fourth-order valence-electron chi connectivity index (χ4n) is 1.92. The van der Waals surface area contributed by atoms with Crippen molar-refractivity contribution >= 4 is 11.0 Å². The monoisotopic (exact) mass is 279 g/mol. The van der Waals surface area contributed by atoms with Crippen LogP contribution >= 0.6 is 0 Å². The van der Waals surface area contributed by atoms with Gasteiger partial charge >= 0.3 is 6.18 Å². The topological polar surface area (TPSA) is 61.8 Å². The molecule has 0 saturated heterocycles. The second-order valence-corrected chi connectivity index (χ2v) is 4.21. The standard InChI is InChI=1S/C13H8F3N3O/c14-13(15,16)11-2-1-7-5-9(18-12(7)19-11)8-3-4-17-6-10(8)20/h1-6,20H,(H,18,19). The molecule has 0 radical (unpaired) electrons. The van der Waals surface area contributed by atoms with E-state index in [1.165, 1.54) is 18.5 Å². The van der Waals surface area contributed by atoms with Crippen molar-refractivity contribution < 1.29 is 18.3 Å². The molecule has 0 aliphatic heterocycles. The second kappa shape index (κ2) is 4.22. The minimum absolute atomic E-state index is 0.0601. The van der Waals surface area contributed by atoms with Crippen LogP contribution in [-0.2, 0) is 6.18 Å². The number of hydrogen-bond donors (Lipinski definition) is 2. The highest BCUT2D eigenvalue weighted by atomic mass is 19.4. The summed E-state index contributed by atoms with van der Waals surface area (Å²) in [5, 5.41) is 10.2. The largest absolute Gasteiger partial charge is 0.506 e. The Morgan fingerprint density at radius 1 is 1.15 bits per heavy atom. The lowest BCUT2D eigenvalue weighted by molar-refractivity contribution is -0.141. The molecule has 0 saturated carbocycles. The zero-order chi connectivity index (χ0) is 14.3. The van der Waals surface area contributed by atoms with E-state index in [0.29, 0.717) is 16.6 Å². The van der Waals surface area contributed by atoms with Gasteiger partial charge in [0.05, 0.1) is 11.9 Å². The maximum Gasteiger partial charge on any atom is 0.433 e. The molecular weight excluding hydrogens is 271 g/mol. The summed E-state index contributed by atoms with van der Waals surface area (Å²) in [5.74, 6) is -0.0601. The van der Waals surface area contributed by atoms with E-state index in [1.54, 1.807) is 12.1 Å². The van der Waals surface area contributed by atoms with E-state index < -0.39 is 11.9 Å². The van der Waals surface area contributed by atoms with Crippen molar-refractivity contribution in [1.29, 1.82) is 0 Å². The van der Waals surface area contributed by atoms with Gasteiger partial charge in [-0.1, -0.05) is 0 Å². The quantitative estimate of drug-likeness (QED) is 0.718. The highest BCUT2D eigenvalue weighted by Gasteiger charge is 2.32. The molecule has 0 aliphatic rings. The van der Waals surface area contributed by atoms with Crippen molar-refractivity contribution in [2.75, 3.05) is 0 Å². The first-order chi connectivity index (χ1) is 9.45. The second-order valence-electron chi connectivity index (χ2n) is 4.21. The van der Waals surface area contributed by atoms with E-state index in [9.17, 15) is 18.3 Å². The maximum atomic E-state index is 12.6. The van der Waals surface area contributed by atoms with Crippen molar-refractivity contribution in [2.24, 2.45) is 0 Å². The number of aromatic hydroxyl groups is 1. The van der Waals surface area contributed by atoms with Crippen molar-refractivity contribution in [1.82, 2.24) is 15.0 Å². The summed E-state index contributed by atoms with van der Waals surface area (Å²) < 4.78 is 37.8. The molecule has 0 bridgehead atoms. The van der Waals surface area contributed by atoms with Crippen LogP contribution in [-0.4, -0.2) is 20.1 Å². The molecule has 0 aliphatic carbocycles. The van der Waals surface area contributed by atoms with Crippen LogP contribution in [0.4, 0.5) is 13.2 Å². The average Bonchev–Trinajstić information content (AvgIpc) is 2.80. The van der Waals surface area contributed by atoms with Gasteiger partial charge in [0.15, 0.2) is 0 Å². The van der Waals surface area contributed by atoms with Crippen LogP contribution in [0.25, 0.3) is 22.3 Å². The molecule has 3 rings (SSSR count). The fourth-order valence-corrected chi connectivity index (χ4v) is 1.92. The molecule has 0 fully saturated rings. The molecule has 3 aromatic heterocycles. The van der Waals surface area contributed by atoms with Gasteiger partial charge in [0.2, 0.25) is 0 Å². The van der Waals surface area contributed by atoms with Gasteiger partial charge < -0.3 is 10.1 Å². The van der Waals surface area contributed by atoms with Crippen LogP contribution in [0.2, 0.25) is 0 Å². The van der Waals surface area contributed by atoms with Crippen molar-refractivity contribution in [3.8, 4) is 17.0 Å². The van der Waals surface area contributed by atoms with Crippen LogP contribution in [0, 0.1) is 0 Å². The zero-order valence-electron chi connectivity index (χ0n) is 9.94. The minimum atomic E-state index is -4.49. The van der Waals surface area contributed by atoms with E-state index >= 15 is 0 Å². The summed E-state index contributed by atoms with van der Waals surface area (Å²) in [6.45, 7) is 0. The molecule has 0 atom stereocenters. The van der Waals surface area contributed by atoms with E-state index in [1.807, 2.05) is 0 Å². The number of aromatic nitrogens is 3. The predicted molar refractivity (Wildman–Crippen MR) is 66.0 cm³/mol. The summed E-state index contributed by atoms with van der Waals surface area (Å²) in [4.78, 5) is 10.1. The first kappa shape index (κ1) is 12.5. The van der Waals surface area contributed by atoms with E-state index in [2.05, 4.69) is 15.0 Å². The smallest absolute Gasteiger partial charge is 0.433 e. The molecule has 102 valence electrons. The Balaban J connectivity index is 2.14. The summed E-state index contributed by atoms with van der Waals surface area (Å²) in [5.41, 5.74) is 0.0849. The van der Waals surface area contributed by atoms with Crippen LogP contribution in [0.3, 0.4) is 0 Å². The Morgan fingerprint density at radius 2 is 1.95 bits per heavy atom. The van der Waals surface area contributed by atoms with Crippen molar-refractivity contribution in [3.05, 3.63) is 42.4 Å². The third kappa shape index (κ3) is 2.07. The molecule has 3 aromatic rings. The first-order valence-electron chi connectivity index (χ1n) is 5.65. The number of halogens is 3. The highest BCUT2D eigenvalue weighted by Crippen LogP contribution is 2.32. The van der Waals surface area contributed by atoms with Gasteiger partial charge in [-0.3, -0.25) is 4.98 Å². The summed E-state index contributed by atoms with van der Waals surface area (Å²) in [6, 6.07) is 5.44. The Morgan fingerprint density at radius 3 is 2.65 bits per heavy atom. The Kier molecular flexibility index (Phi) is 2.63. The van der Waals surface area contributed by atoms with E-state index in [-0.39, 0.29) is 11.4 Å². The lowest BCUT2D eigenvalue weighted by Gasteiger charge is -2.04. The predicted octanol–water partition coefficient (Wildman–Crippen LogP) is 3.35. The van der Waals surface area contributed by atoms with Crippen LogP contribution in [0.15, 0.2) is 36.7 Å². The summed E-state index contributed by atoms with van der Waals surface area (Å²) in [7, 11) is 0. The van der Waals surface area contributed by atoms with Crippen LogP contribution in [0.5, 0.6) is 5.75 Å². The van der Waals surface area contributed by atoms with Crippen molar-refractivity contribution in [2.45, 2.75) is 6.18 Å². The third-order valence-electron chi connectivity index (χ3n) is 2.86. The lowest BCUT2D eigenvalue weighted by atomic mass is 10.2. The Bertz CT molecular complexity index is 780. The molecule has 20 heavy (non-hydrogen) atoms. The van der Waals surface area contributed by atoms with Gasteiger partial charge in [0, 0.05) is 17.1 Å².